The Kier molecular flexibility index (Phi) is 17.2. The molecular formula is C23H52O3. The van der Waals surface area contributed by atoms with Gasteiger partial charge >= 0.3 is 0 Å². The van der Waals surface area contributed by atoms with E-state index in [2.05, 4.69) is 34.6 Å². The molecule has 2 heterocycles. The summed E-state index contributed by atoms with van der Waals surface area (Å²) in [5.41, 5.74) is 0. The molecule has 3 nitrogen and oxygen atoms in total. The molecule has 3 fully saturated rings. The van der Waals surface area contributed by atoms with Gasteiger partial charge in [0, 0.05) is 14.0 Å². The second kappa shape index (κ2) is 15.9. The van der Waals surface area contributed by atoms with Gasteiger partial charge in [0.1, 0.15) is 0 Å². The standard InChI is InChI=1S/C8H16.C7H14O.C6H12O2.2CH4.H2/c1-7-3-5-8(2)6-4-7;1-6-3-4-7(2)8-5-6;1-5-3-7-6(2)8-4-5;;;/h7-8H,3-6H2,1-2H3;6-7H,3-5H2,1-2H3;5-6H,3-4H2,1-2H3;2*1H4;1H. The third-order valence-electron chi connectivity index (χ3n) is 5.27. The van der Waals surface area contributed by atoms with E-state index in [9.17, 15) is 0 Å². The largest absolute Gasteiger partial charge is 0.378 e. The van der Waals surface area contributed by atoms with Gasteiger partial charge in [-0.25, -0.2) is 0 Å². The summed E-state index contributed by atoms with van der Waals surface area (Å²) in [7, 11) is 0. The summed E-state index contributed by atoms with van der Waals surface area (Å²) >= 11 is 0. The first-order valence-electron chi connectivity index (χ1n) is 10.2. The Labute approximate surface area is 167 Å². The summed E-state index contributed by atoms with van der Waals surface area (Å²) in [5.74, 6) is 3.41. The predicted octanol–water partition coefficient (Wildman–Crippen LogP) is 7.19. The molecule has 26 heavy (non-hydrogen) atoms. The Bertz CT molecular complexity index is 212. The van der Waals surface area contributed by atoms with E-state index in [0.717, 1.165) is 37.6 Å². The summed E-state index contributed by atoms with van der Waals surface area (Å²) in [6.07, 6.45) is 9.03. The van der Waals surface area contributed by atoms with Crippen LogP contribution in [-0.2, 0) is 14.2 Å². The first kappa shape index (κ1) is 28.1. The highest BCUT2D eigenvalue weighted by molar-refractivity contribution is 4.65. The second-order valence-corrected chi connectivity index (χ2v) is 8.53. The van der Waals surface area contributed by atoms with Gasteiger partial charge < -0.3 is 14.2 Å². The zero-order valence-electron chi connectivity index (χ0n) is 17.1. The van der Waals surface area contributed by atoms with Gasteiger partial charge in [-0.15, -0.1) is 0 Å². The third kappa shape index (κ3) is 14.0. The lowest BCUT2D eigenvalue weighted by Gasteiger charge is -2.24. The summed E-state index contributed by atoms with van der Waals surface area (Å²) in [5, 5.41) is 0. The van der Waals surface area contributed by atoms with Crippen LogP contribution in [0.4, 0.5) is 0 Å². The Morgan fingerprint density at radius 3 is 1.19 bits per heavy atom. The molecule has 0 radical (unpaired) electrons. The van der Waals surface area contributed by atoms with Crippen LogP contribution in [0.5, 0.6) is 0 Å². The highest BCUT2D eigenvalue weighted by Crippen LogP contribution is 2.27. The molecule has 2 unspecified atom stereocenters. The van der Waals surface area contributed by atoms with Crippen molar-refractivity contribution in [3.05, 3.63) is 0 Å². The van der Waals surface area contributed by atoms with Crippen molar-refractivity contribution in [1.82, 2.24) is 0 Å². The van der Waals surface area contributed by atoms with Gasteiger partial charge in [0.25, 0.3) is 0 Å². The fourth-order valence-corrected chi connectivity index (χ4v) is 3.14. The predicted molar refractivity (Wildman–Crippen MR) is 117 cm³/mol. The van der Waals surface area contributed by atoms with Gasteiger partial charge in [0.15, 0.2) is 6.29 Å². The van der Waals surface area contributed by atoms with Crippen molar-refractivity contribution in [3.63, 3.8) is 0 Å². The normalized spacial score (nSPS) is 36.7. The molecule has 162 valence electrons. The molecule has 3 rings (SSSR count). The second-order valence-electron chi connectivity index (χ2n) is 8.53. The van der Waals surface area contributed by atoms with Gasteiger partial charge in [-0.05, 0) is 44.4 Å². The minimum absolute atomic E-state index is 0. The van der Waals surface area contributed by atoms with Crippen LogP contribution in [0.2, 0.25) is 0 Å². The molecule has 0 aromatic carbocycles. The molecular weight excluding hydrogens is 324 g/mol. The molecule has 0 spiro atoms. The monoisotopic (exact) mass is 376 g/mol. The Hall–Kier alpha value is -0.120. The first-order chi connectivity index (χ1) is 11.4. The molecule has 2 atom stereocenters. The van der Waals surface area contributed by atoms with Gasteiger partial charge in [0.05, 0.1) is 19.3 Å². The van der Waals surface area contributed by atoms with Gasteiger partial charge in [-0.3, -0.25) is 0 Å². The minimum atomic E-state index is 0. The van der Waals surface area contributed by atoms with Crippen molar-refractivity contribution in [2.45, 2.75) is 107 Å². The van der Waals surface area contributed by atoms with Crippen LogP contribution in [0.25, 0.3) is 0 Å². The molecule has 2 aliphatic heterocycles. The Balaban J connectivity index is -0.000000303. The van der Waals surface area contributed by atoms with Crippen LogP contribution in [0, 0.1) is 23.7 Å². The number of rotatable bonds is 0. The van der Waals surface area contributed by atoms with Crippen LogP contribution in [-0.4, -0.2) is 32.2 Å². The topological polar surface area (TPSA) is 27.7 Å². The molecule has 0 aromatic rings. The summed E-state index contributed by atoms with van der Waals surface area (Å²) in [4.78, 5) is 0. The summed E-state index contributed by atoms with van der Waals surface area (Å²) < 4.78 is 15.7. The maximum absolute atomic E-state index is 5.39. The van der Waals surface area contributed by atoms with E-state index in [0.29, 0.717) is 12.0 Å². The molecule has 0 N–H and O–H groups in total. The van der Waals surface area contributed by atoms with Crippen LogP contribution in [0.15, 0.2) is 0 Å². The van der Waals surface area contributed by atoms with Crippen molar-refractivity contribution >= 4 is 0 Å². The third-order valence-corrected chi connectivity index (χ3v) is 5.27. The molecule has 3 aliphatic rings. The maximum atomic E-state index is 5.39. The molecule has 0 aromatic heterocycles. The average molecular weight is 377 g/mol. The quantitative estimate of drug-likeness (QED) is 0.448. The van der Waals surface area contributed by atoms with Crippen LogP contribution < -0.4 is 0 Å². The first-order valence-corrected chi connectivity index (χ1v) is 10.2. The number of ether oxygens (including phenoxy) is 3. The van der Waals surface area contributed by atoms with E-state index < -0.39 is 0 Å². The van der Waals surface area contributed by atoms with Crippen molar-refractivity contribution in [2.24, 2.45) is 23.7 Å². The fraction of sp³-hybridized carbons (Fsp3) is 1.00. The fourth-order valence-electron chi connectivity index (χ4n) is 3.14. The van der Waals surface area contributed by atoms with E-state index in [1.54, 1.807) is 0 Å². The number of hydrogen-bond acceptors (Lipinski definition) is 3. The van der Waals surface area contributed by atoms with E-state index >= 15 is 0 Å². The smallest absolute Gasteiger partial charge is 0.154 e. The lowest BCUT2D eigenvalue weighted by molar-refractivity contribution is -0.187. The molecule has 3 heteroatoms. The molecule has 1 aliphatic carbocycles. The highest BCUT2D eigenvalue weighted by Gasteiger charge is 2.14. The van der Waals surface area contributed by atoms with E-state index in [1.807, 2.05) is 6.92 Å². The van der Waals surface area contributed by atoms with E-state index in [4.69, 9.17) is 14.2 Å². The van der Waals surface area contributed by atoms with E-state index in [1.165, 1.54) is 38.5 Å². The maximum Gasteiger partial charge on any atom is 0.154 e. The molecule has 0 bridgehead atoms. The van der Waals surface area contributed by atoms with Crippen molar-refractivity contribution < 1.29 is 15.6 Å². The van der Waals surface area contributed by atoms with Gasteiger partial charge in [-0.1, -0.05) is 68.2 Å². The van der Waals surface area contributed by atoms with Gasteiger partial charge in [-0.2, -0.15) is 0 Å². The van der Waals surface area contributed by atoms with Crippen LogP contribution in [0.1, 0.15) is 96.3 Å². The number of hydrogen-bond donors (Lipinski definition) is 0. The van der Waals surface area contributed by atoms with Crippen molar-refractivity contribution in [3.8, 4) is 0 Å². The van der Waals surface area contributed by atoms with Crippen LogP contribution in [0.3, 0.4) is 0 Å². The Morgan fingerprint density at radius 2 is 0.885 bits per heavy atom. The molecule has 0 amide bonds. The summed E-state index contributed by atoms with van der Waals surface area (Å²) in [6, 6.07) is 0. The Morgan fingerprint density at radius 1 is 0.500 bits per heavy atom. The van der Waals surface area contributed by atoms with Crippen molar-refractivity contribution in [2.75, 3.05) is 19.8 Å². The van der Waals surface area contributed by atoms with E-state index in [-0.39, 0.29) is 22.6 Å². The molecule has 1 saturated carbocycles. The van der Waals surface area contributed by atoms with Crippen LogP contribution >= 0.6 is 0 Å². The van der Waals surface area contributed by atoms with Gasteiger partial charge in [0.2, 0.25) is 0 Å². The lowest BCUT2D eigenvalue weighted by atomic mass is 9.84. The SMILES string of the molecule is C.C.CC1CCC(C)CC1.CC1CCC(C)OC1.CC1COC(C)OC1.[HH]. The average Bonchev–Trinajstić information content (AvgIpc) is 2.57. The zero-order valence-corrected chi connectivity index (χ0v) is 17.1. The summed E-state index contributed by atoms with van der Waals surface area (Å²) in [6.45, 7) is 15.8. The molecule has 2 saturated heterocycles. The zero-order chi connectivity index (χ0) is 17.9. The minimum Gasteiger partial charge on any atom is -0.378 e. The lowest BCUT2D eigenvalue weighted by Crippen LogP contribution is -2.27. The highest BCUT2D eigenvalue weighted by atomic mass is 16.7. The van der Waals surface area contributed by atoms with Crippen molar-refractivity contribution in [1.29, 1.82) is 0 Å².